The summed E-state index contributed by atoms with van der Waals surface area (Å²) >= 11 is 10.7. The summed E-state index contributed by atoms with van der Waals surface area (Å²) in [7, 11) is 0. The number of hydrogen-bond donors (Lipinski definition) is 0. The summed E-state index contributed by atoms with van der Waals surface area (Å²) in [5, 5.41) is 0. The Kier molecular flexibility index (Phi) is 35.2. The average molecular weight is 277 g/mol. The van der Waals surface area contributed by atoms with E-state index in [1.165, 1.54) is 12.8 Å². The maximum Gasteiger partial charge on any atom is 2.00 e. The molecule has 0 saturated heterocycles. The molecule has 13 heavy (non-hydrogen) atoms. The van der Waals surface area contributed by atoms with Gasteiger partial charge in [-0.2, -0.15) is 12.8 Å². The third-order valence-corrected chi connectivity index (χ3v) is 1.80. The van der Waals surface area contributed by atoms with Gasteiger partial charge in [-0.1, -0.05) is 12.8 Å². The largest absolute Gasteiger partial charge is 2.00 e. The molecule has 0 nitrogen and oxygen atoms in total. The van der Waals surface area contributed by atoms with Crippen molar-refractivity contribution in [2.45, 2.75) is 38.5 Å². The molecule has 0 fully saturated rings. The Morgan fingerprint density at radius 2 is 1.00 bits per heavy atom. The smallest absolute Gasteiger partial charge is 0.343 e. The van der Waals surface area contributed by atoms with Crippen molar-refractivity contribution >= 4 is 23.2 Å². The van der Waals surface area contributed by atoms with E-state index in [4.69, 9.17) is 23.2 Å². The van der Waals surface area contributed by atoms with Gasteiger partial charge in [0.1, 0.15) is 0 Å². The summed E-state index contributed by atoms with van der Waals surface area (Å²) < 4.78 is 0. The molecule has 0 rings (SSSR count). The average Bonchev–Trinajstić information content (AvgIpc) is 2.12. The molecule has 76 valence electrons. The van der Waals surface area contributed by atoms with Crippen LogP contribution in [0.1, 0.15) is 38.5 Å². The quantitative estimate of drug-likeness (QED) is 0.291. The second-order valence-corrected chi connectivity index (χ2v) is 3.26. The first-order valence-corrected chi connectivity index (χ1v) is 5.60. The van der Waals surface area contributed by atoms with Gasteiger partial charge in [-0.3, -0.25) is 0 Å². The molecule has 0 aromatic rings. The number of alkyl halides is 2. The number of unbranched alkanes of at least 4 members (excludes halogenated alkanes) is 4. The van der Waals surface area contributed by atoms with Gasteiger partial charge < -0.3 is 13.8 Å². The van der Waals surface area contributed by atoms with Crippen molar-refractivity contribution in [3.63, 3.8) is 0 Å². The van der Waals surface area contributed by atoms with E-state index >= 15 is 0 Å². The van der Waals surface area contributed by atoms with Crippen molar-refractivity contribution in [3.05, 3.63) is 13.8 Å². The summed E-state index contributed by atoms with van der Waals surface area (Å²) in [5.74, 6) is 1.57. The number of halogens is 2. The van der Waals surface area contributed by atoms with E-state index in [9.17, 15) is 0 Å². The third-order valence-electron chi connectivity index (χ3n) is 1.27. The molecule has 0 N–H and O–H groups in total. The molecule has 0 aromatic heterocycles. The van der Waals surface area contributed by atoms with Crippen LogP contribution in [0.15, 0.2) is 0 Å². The fourth-order valence-electron chi connectivity index (χ4n) is 0.543. The number of rotatable bonds is 6. The first-order valence-electron chi connectivity index (χ1n) is 4.53. The molecular formula is C10H20Cl2Zn. The van der Waals surface area contributed by atoms with E-state index in [1.807, 2.05) is 0 Å². The van der Waals surface area contributed by atoms with E-state index in [2.05, 4.69) is 13.8 Å². The van der Waals surface area contributed by atoms with Gasteiger partial charge in [-0.05, 0) is 12.8 Å². The first kappa shape index (κ1) is 19.7. The Labute approximate surface area is 107 Å². The second kappa shape index (κ2) is 23.2. The van der Waals surface area contributed by atoms with Crippen molar-refractivity contribution in [3.8, 4) is 0 Å². The molecule has 0 spiro atoms. The van der Waals surface area contributed by atoms with Crippen LogP contribution in [0.3, 0.4) is 0 Å². The van der Waals surface area contributed by atoms with Crippen LogP contribution in [0.5, 0.6) is 0 Å². The van der Waals surface area contributed by atoms with Crippen LogP contribution in [0.25, 0.3) is 0 Å². The van der Waals surface area contributed by atoms with Gasteiger partial charge in [0.25, 0.3) is 0 Å². The minimum Gasteiger partial charge on any atom is -0.343 e. The maximum atomic E-state index is 5.35. The predicted octanol–water partition coefficient (Wildman–Crippen LogP) is 4.46. The Morgan fingerprint density at radius 3 is 1.08 bits per heavy atom. The van der Waals surface area contributed by atoms with Crippen LogP contribution in [-0.2, 0) is 19.5 Å². The van der Waals surface area contributed by atoms with Crippen LogP contribution in [0, 0.1) is 13.8 Å². The van der Waals surface area contributed by atoms with E-state index in [1.54, 1.807) is 0 Å². The minimum atomic E-state index is 0. The van der Waals surface area contributed by atoms with Gasteiger partial charge in [0.05, 0.1) is 0 Å². The standard InChI is InChI=1S/2C5H10Cl.Zn/c2*1-2-3-4-5-6;/h2*1-5H2;/q2*-1;+2. The van der Waals surface area contributed by atoms with Gasteiger partial charge in [-0.15, -0.1) is 23.2 Å². The zero-order chi connectivity index (χ0) is 9.66. The van der Waals surface area contributed by atoms with Crippen molar-refractivity contribution in [1.29, 1.82) is 0 Å². The van der Waals surface area contributed by atoms with Gasteiger partial charge in [0.2, 0.25) is 0 Å². The molecule has 0 aliphatic carbocycles. The monoisotopic (exact) mass is 274 g/mol. The molecule has 0 bridgehead atoms. The van der Waals surface area contributed by atoms with Crippen LogP contribution in [0.4, 0.5) is 0 Å². The van der Waals surface area contributed by atoms with E-state index < -0.39 is 0 Å². The van der Waals surface area contributed by atoms with E-state index in [-0.39, 0.29) is 19.5 Å². The molecule has 0 aliphatic heterocycles. The van der Waals surface area contributed by atoms with Gasteiger partial charge in [0.15, 0.2) is 0 Å². The number of hydrogen-bond acceptors (Lipinski definition) is 0. The van der Waals surface area contributed by atoms with Crippen LogP contribution in [-0.4, -0.2) is 11.8 Å². The zero-order valence-electron chi connectivity index (χ0n) is 8.53. The molecule has 0 heterocycles. The molecule has 0 unspecified atom stereocenters. The zero-order valence-corrected chi connectivity index (χ0v) is 13.0. The van der Waals surface area contributed by atoms with Crippen molar-refractivity contribution < 1.29 is 19.5 Å². The second-order valence-electron chi connectivity index (χ2n) is 2.50. The van der Waals surface area contributed by atoms with Gasteiger partial charge in [0, 0.05) is 11.8 Å². The molecule has 0 aromatic carbocycles. The van der Waals surface area contributed by atoms with Crippen LogP contribution < -0.4 is 0 Å². The predicted molar refractivity (Wildman–Crippen MR) is 59.9 cm³/mol. The van der Waals surface area contributed by atoms with Gasteiger partial charge in [-0.25, -0.2) is 0 Å². The first-order chi connectivity index (χ1) is 5.83. The summed E-state index contributed by atoms with van der Waals surface area (Å²) in [6.07, 6.45) is 6.61. The summed E-state index contributed by atoms with van der Waals surface area (Å²) in [4.78, 5) is 0. The minimum absolute atomic E-state index is 0. The van der Waals surface area contributed by atoms with Crippen LogP contribution in [0.2, 0.25) is 0 Å². The normalized spacial score (nSPS) is 8.31. The fraction of sp³-hybridized carbons (Fsp3) is 0.800. The SMILES string of the molecule is [CH2-]CCCCCl.[CH2-]CCCCCl.[Zn+2]. The molecular weight excluding hydrogens is 256 g/mol. The summed E-state index contributed by atoms with van der Waals surface area (Å²) in [5.41, 5.74) is 0. The van der Waals surface area contributed by atoms with Crippen molar-refractivity contribution in [2.75, 3.05) is 11.8 Å². The maximum absolute atomic E-state index is 5.35. The van der Waals surface area contributed by atoms with Crippen LogP contribution >= 0.6 is 23.2 Å². The molecule has 0 radical (unpaired) electrons. The van der Waals surface area contributed by atoms with E-state index in [0.29, 0.717) is 0 Å². The Hall–Kier alpha value is 1.20. The third kappa shape index (κ3) is 31.9. The fourth-order valence-corrected chi connectivity index (χ4v) is 0.921. The molecule has 0 saturated carbocycles. The van der Waals surface area contributed by atoms with E-state index in [0.717, 1.165) is 37.4 Å². The Morgan fingerprint density at radius 1 is 0.692 bits per heavy atom. The Balaban J connectivity index is -0.000000143. The molecule has 0 amide bonds. The molecule has 3 heteroatoms. The summed E-state index contributed by atoms with van der Waals surface area (Å²) in [6, 6.07) is 0. The Bertz CT molecular complexity index is 44.9. The summed E-state index contributed by atoms with van der Waals surface area (Å²) in [6.45, 7) is 7.33. The van der Waals surface area contributed by atoms with Crippen molar-refractivity contribution in [1.82, 2.24) is 0 Å². The van der Waals surface area contributed by atoms with Gasteiger partial charge >= 0.3 is 19.5 Å². The van der Waals surface area contributed by atoms with Crippen molar-refractivity contribution in [2.24, 2.45) is 0 Å². The molecule has 0 aliphatic rings. The topological polar surface area (TPSA) is 0 Å². The molecule has 0 atom stereocenters.